The molecule has 4 heteroatoms. The molecule has 0 N–H and O–H groups in total. The summed E-state index contributed by atoms with van der Waals surface area (Å²) in [5.74, 6) is 0.572. The smallest absolute Gasteiger partial charge is 0.235 e. The van der Waals surface area contributed by atoms with Crippen LogP contribution in [0.2, 0.25) is 0 Å². The highest BCUT2D eigenvalue weighted by Crippen LogP contribution is 2.46. The van der Waals surface area contributed by atoms with Crippen molar-refractivity contribution in [1.82, 2.24) is 14.5 Å². The summed E-state index contributed by atoms with van der Waals surface area (Å²) in [4.78, 5) is 10.4. The molecule has 4 nitrogen and oxygen atoms in total. The van der Waals surface area contributed by atoms with Gasteiger partial charge in [0.15, 0.2) is 0 Å². The van der Waals surface area contributed by atoms with Gasteiger partial charge in [0.05, 0.1) is 34.1 Å². The Bertz CT molecular complexity index is 3290. The van der Waals surface area contributed by atoms with Gasteiger partial charge in [-0.3, -0.25) is 4.57 Å². The average molecular weight is 725 g/mol. The Labute approximate surface area is 329 Å². The van der Waals surface area contributed by atoms with Crippen molar-refractivity contribution in [2.75, 3.05) is 0 Å². The SMILES string of the molecule is N#Cc1ccc2c(c1)c1cc(-c3c4ccccc4c(-c4cccc5ccccc45)c4ccccc34)ccc1n2-c1nc(-c2ccccc2)cc(-c2ccccc2)n1. The Morgan fingerprint density at radius 1 is 0.386 bits per heavy atom. The van der Waals surface area contributed by atoms with Gasteiger partial charge < -0.3 is 0 Å². The van der Waals surface area contributed by atoms with Gasteiger partial charge in [0.25, 0.3) is 0 Å². The molecule has 11 aromatic rings. The lowest BCUT2D eigenvalue weighted by atomic mass is 9.84. The first-order valence-electron chi connectivity index (χ1n) is 19.1. The van der Waals surface area contributed by atoms with E-state index in [0.29, 0.717) is 11.5 Å². The van der Waals surface area contributed by atoms with Gasteiger partial charge in [0, 0.05) is 21.9 Å². The van der Waals surface area contributed by atoms with Crippen LogP contribution >= 0.6 is 0 Å². The molecule has 0 spiro atoms. The minimum absolute atomic E-state index is 0.572. The number of nitrogens with zero attached hydrogens (tertiary/aromatic N) is 4. The van der Waals surface area contributed by atoms with E-state index in [1.54, 1.807) is 0 Å². The van der Waals surface area contributed by atoms with Gasteiger partial charge in [-0.15, -0.1) is 0 Å². The summed E-state index contributed by atoms with van der Waals surface area (Å²) < 4.78 is 2.15. The van der Waals surface area contributed by atoms with Gasteiger partial charge >= 0.3 is 0 Å². The summed E-state index contributed by atoms with van der Waals surface area (Å²) in [6, 6.07) is 70.4. The van der Waals surface area contributed by atoms with E-state index >= 15 is 0 Å². The zero-order valence-corrected chi connectivity index (χ0v) is 30.8. The molecule has 57 heavy (non-hydrogen) atoms. The molecule has 9 aromatic carbocycles. The molecule has 0 saturated carbocycles. The van der Waals surface area contributed by atoms with E-state index in [1.165, 1.54) is 49.0 Å². The van der Waals surface area contributed by atoms with Crippen molar-refractivity contribution in [3.05, 3.63) is 200 Å². The van der Waals surface area contributed by atoms with Crippen LogP contribution in [0.4, 0.5) is 0 Å². The first-order chi connectivity index (χ1) is 28.2. The topological polar surface area (TPSA) is 54.5 Å². The fourth-order valence-corrected chi connectivity index (χ4v) is 8.68. The molecule has 0 aliphatic heterocycles. The van der Waals surface area contributed by atoms with E-state index in [4.69, 9.17) is 9.97 Å². The molecule has 0 saturated heterocycles. The third-order valence-electron chi connectivity index (χ3n) is 11.2. The standard InChI is InChI=1S/C53H32N4/c54-33-34-26-28-49-45(30-34)46-31-38(27-29-50(46)57(49)53-55-47(36-15-3-1-4-16-36)32-48(56-53)37-17-5-2-6-18-37)51-41-21-9-11-23-43(41)52(44-24-12-10-22-42(44)51)40-25-13-19-35-14-7-8-20-39(35)40/h1-32H. The van der Waals surface area contributed by atoms with E-state index in [1.807, 2.05) is 54.6 Å². The van der Waals surface area contributed by atoms with Crippen LogP contribution in [0, 0.1) is 11.3 Å². The molecule has 0 bridgehead atoms. The minimum Gasteiger partial charge on any atom is -0.278 e. The molecule has 2 heterocycles. The molecular formula is C53H32N4. The quantitative estimate of drug-likeness (QED) is 0.166. The first-order valence-corrected chi connectivity index (χ1v) is 19.1. The van der Waals surface area contributed by atoms with Crippen molar-refractivity contribution in [2.24, 2.45) is 0 Å². The molecule has 264 valence electrons. The number of aromatic nitrogens is 3. The molecule has 0 radical (unpaired) electrons. The molecule has 0 unspecified atom stereocenters. The van der Waals surface area contributed by atoms with E-state index in [-0.39, 0.29) is 0 Å². The zero-order chi connectivity index (χ0) is 37.9. The number of hydrogen-bond donors (Lipinski definition) is 0. The second kappa shape index (κ2) is 13.2. The number of hydrogen-bond acceptors (Lipinski definition) is 3. The van der Waals surface area contributed by atoms with Crippen LogP contribution < -0.4 is 0 Å². The second-order valence-electron chi connectivity index (χ2n) is 14.4. The Kier molecular flexibility index (Phi) is 7.52. The van der Waals surface area contributed by atoms with Gasteiger partial charge in [0.2, 0.25) is 5.95 Å². The lowest BCUT2D eigenvalue weighted by Gasteiger charge is -2.19. The van der Waals surface area contributed by atoms with Crippen LogP contribution in [0.25, 0.3) is 105 Å². The van der Waals surface area contributed by atoms with Crippen molar-refractivity contribution >= 4 is 54.1 Å². The first kappa shape index (κ1) is 32.6. The van der Waals surface area contributed by atoms with Crippen LogP contribution in [-0.2, 0) is 0 Å². The maximum Gasteiger partial charge on any atom is 0.235 e. The van der Waals surface area contributed by atoms with Crippen molar-refractivity contribution in [2.45, 2.75) is 0 Å². The normalized spacial score (nSPS) is 11.5. The van der Waals surface area contributed by atoms with Crippen molar-refractivity contribution in [1.29, 1.82) is 5.26 Å². The lowest BCUT2D eigenvalue weighted by molar-refractivity contribution is 0.995. The maximum atomic E-state index is 10.1. The predicted molar refractivity (Wildman–Crippen MR) is 235 cm³/mol. The largest absolute Gasteiger partial charge is 0.278 e. The van der Waals surface area contributed by atoms with E-state index in [9.17, 15) is 5.26 Å². The van der Waals surface area contributed by atoms with E-state index < -0.39 is 0 Å². The number of nitriles is 1. The molecule has 2 aromatic heterocycles. The van der Waals surface area contributed by atoms with Gasteiger partial charge in [-0.05, 0) is 91.0 Å². The zero-order valence-electron chi connectivity index (χ0n) is 30.8. The van der Waals surface area contributed by atoms with Crippen LogP contribution in [0.15, 0.2) is 194 Å². The minimum atomic E-state index is 0.572. The summed E-state index contributed by atoms with van der Waals surface area (Å²) in [6.07, 6.45) is 0. The van der Waals surface area contributed by atoms with Crippen LogP contribution in [0.5, 0.6) is 0 Å². The van der Waals surface area contributed by atoms with Crippen LogP contribution in [0.1, 0.15) is 5.56 Å². The number of benzene rings is 9. The Hall–Kier alpha value is -7.87. The molecule has 0 aliphatic rings. The summed E-state index contributed by atoms with van der Waals surface area (Å²) in [5, 5.41) is 19.3. The lowest BCUT2D eigenvalue weighted by Crippen LogP contribution is -2.04. The van der Waals surface area contributed by atoms with Gasteiger partial charge in [-0.25, -0.2) is 9.97 Å². The third kappa shape index (κ3) is 5.29. The summed E-state index contributed by atoms with van der Waals surface area (Å²) in [6.45, 7) is 0. The average Bonchev–Trinajstić information content (AvgIpc) is 3.61. The second-order valence-corrected chi connectivity index (χ2v) is 14.4. The Balaban J connectivity index is 1.20. The number of rotatable bonds is 5. The predicted octanol–water partition coefficient (Wildman–Crippen LogP) is 13.6. The van der Waals surface area contributed by atoms with Crippen molar-refractivity contribution < 1.29 is 0 Å². The molecule has 0 amide bonds. The van der Waals surface area contributed by atoms with Gasteiger partial charge in [-0.1, -0.05) is 158 Å². The summed E-state index contributed by atoms with van der Waals surface area (Å²) >= 11 is 0. The highest BCUT2D eigenvalue weighted by molar-refractivity contribution is 6.24. The molecular weight excluding hydrogens is 693 g/mol. The van der Waals surface area contributed by atoms with Crippen molar-refractivity contribution in [3.8, 4) is 56.8 Å². The summed E-state index contributed by atoms with van der Waals surface area (Å²) in [5.41, 5.74) is 10.9. The molecule has 0 fully saturated rings. The monoisotopic (exact) mass is 724 g/mol. The van der Waals surface area contributed by atoms with Crippen molar-refractivity contribution in [3.63, 3.8) is 0 Å². The maximum absolute atomic E-state index is 10.1. The fraction of sp³-hybridized carbons (Fsp3) is 0. The number of fused-ring (bicyclic) bond motifs is 6. The fourth-order valence-electron chi connectivity index (χ4n) is 8.68. The Morgan fingerprint density at radius 3 is 1.51 bits per heavy atom. The van der Waals surface area contributed by atoms with Gasteiger partial charge in [0.1, 0.15) is 0 Å². The summed E-state index contributed by atoms with van der Waals surface area (Å²) in [7, 11) is 0. The molecule has 11 rings (SSSR count). The highest BCUT2D eigenvalue weighted by Gasteiger charge is 2.21. The van der Waals surface area contributed by atoms with Crippen LogP contribution in [0.3, 0.4) is 0 Å². The molecule has 0 aliphatic carbocycles. The van der Waals surface area contributed by atoms with Crippen LogP contribution in [-0.4, -0.2) is 14.5 Å². The van der Waals surface area contributed by atoms with E-state index in [2.05, 4.69) is 150 Å². The van der Waals surface area contributed by atoms with E-state index in [0.717, 1.165) is 49.9 Å². The Morgan fingerprint density at radius 2 is 0.895 bits per heavy atom. The highest BCUT2D eigenvalue weighted by atomic mass is 15.2. The third-order valence-corrected chi connectivity index (χ3v) is 11.2. The van der Waals surface area contributed by atoms with Gasteiger partial charge in [-0.2, -0.15) is 5.26 Å². The molecule has 0 atom stereocenters.